The van der Waals surface area contributed by atoms with Crippen molar-refractivity contribution in [2.45, 2.75) is 46.6 Å². The van der Waals surface area contributed by atoms with Crippen LogP contribution in [0.2, 0.25) is 0 Å². The minimum absolute atomic E-state index is 0.151. The van der Waals surface area contributed by atoms with Crippen molar-refractivity contribution in [3.05, 3.63) is 34.4 Å². The van der Waals surface area contributed by atoms with Crippen LogP contribution in [0.5, 0.6) is 0 Å². The van der Waals surface area contributed by atoms with Crippen molar-refractivity contribution in [3.8, 4) is 0 Å². The summed E-state index contributed by atoms with van der Waals surface area (Å²) in [5, 5.41) is 9.19. The second kappa shape index (κ2) is 4.61. The molecule has 0 radical (unpaired) electrons. The van der Waals surface area contributed by atoms with E-state index in [2.05, 4.69) is 39.8 Å². The largest absolute Gasteiger partial charge is 0.392 e. The Hall–Kier alpha value is -0.820. The van der Waals surface area contributed by atoms with Gasteiger partial charge in [-0.1, -0.05) is 26.0 Å². The molecule has 78 valence electrons. The van der Waals surface area contributed by atoms with Gasteiger partial charge in [0.15, 0.2) is 0 Å². The van der Waals surface area contributed by atoms with E-state index in [9.17, 15) is 5.11 Å². The van der Waals surface area contributed by atoms with Gasteiger partial charge >= 0.3 is 0 Å². The second-order valence-corrected chi connectivity index (χ2v) is 4.10. The Kier molecular flexibility index (Phi) is 3.70. The van der Waals surface area contributed by atoms with Crippen LogP contribution < -0.4 is 0 Å². The predicted octanol–water partition coefficient (Wildman–Crippen LogP) is 3.31. The molecule has 0 amide bonds. The van der Waals surface area contributed by atoms with Crippen molar-refractivity contribution in [1.29, 1.82) is 0 Å². The molecule has 0 aliphatic rings. The topological polar surface area (TPSA) is 20.2 Å². The van der Waals surface area contributed by atoms with Gasteiger partial charge in [-0.3, -0.25) is 0 Å². The third kappa shape index (κ3) is 2.16. The van der Waals surface area contributed by atoms with Gasteiger partial charge in [0.2, 0.25) is 0 Å². The maximum absolute atomic E-state index is 9.19. The fraction of sp³-hybridized carbons (Fsp3) is 0.538. The number of hydrogen-bond acceptors (Lipinski definition) is 1. The van der Waals surface area contributed by atoms with Crippen LogP contribution in [0.4, 0.5) is 0 Å². The van der Waals surface area contributed by atoms with Crippen LogP contribution in [0, 0.1) is 13.8 Å². The Balaban J connectivity index is 3.13. The van der Waals surface area contributed by atoms with Crippen LogP contribution in [0.25, 0.3) is 0 Å². The summed E-state index contributed by atoms with van der Waals surface area (Å²) >= 11 is 0. The average Bonchev–Trinajstić information content (AvgIpc) is 2.16. The smallest absolute Gasteiger partial charge is 0.0686 e. The van der Waals surface area contributed by atoms with Crippen LogP contribution in [0.15, 0.2) is 12.1 Å². The maximum atomic E-state index is 9.19. The van der Waals surface area contributed by atoms with Crippen molar-refractivity contribution in [2.75, 3.05) is 0 Å². The minimum Gasteiger partial charge on any atom is -0.392 e. The number of hydrogen-bond donors (Lipinski definition) is 1. The van der Waals surface area contributed by atoms with Gasteiger partial charge in [0.1, 0.15) is 0 Å². The maximum Gasteiger partial charge on any atom is 0.0686 e. The van der Waals surface area contributed by atoms with E-state index in [1.54, 1.807) is 0 Å². The van der Waals surface area contributed by atoms with Crippen LogP contribution >= 0.6 is 0 Å². The third-order valence-electron chi connectivity index (χ3n) is 3.06. The normalized spacial score (nSPS) is 12.9. The first-order valence-corrected chi connectivity index (χ1v) is 5.31. The first-order chi connectivity index (χ1) is 6.60. The molecule has 1 heteroatoms. The number of rotatable bonds is 3. The lowest BCUT2D eigenvalue weighted by Crippen LogP contribution is -1.99. The van der Waals surface area contributed by atoms with Gasteiger partial charge in [0.25, 0.3) is 0 Å². The molecule has 0 aliphatic carbocycles. The van der Waals surface area contributed by atoms with Crippen molar-refractivity contribution in [2.24, 2.45) is 0 Å². The van der Waals surface area contributed by atoms with E-state index in [4.69, 9.17) is 0 Å². The summed E-state index contributed by atoms with van der Waals surface area (Å²) < 4.78 is 0. The van der Waals surface area contributed by atoms with Gasteiger partial charge in [0, 0.05) is 0 Å². The van der Waals surface area contributed by atoms with Crippen molar-refractivity contribution < 1.29 is 5.11 Å². The van der Waals surface area contributed by atoms with Gasteiger partial charge < -0.3 is 5.11 Å². The molecule has 0 fully saturated rings. The standard InChI is InChI=1S/C13H20O/c1-5-9(2)12-6-10(3)13(8-14)11(4)7-12/h6-7,9,14H,5,8H2,1-4H3. The molecule has 0 aliphatic heterocycles. The second-order valence-electron chi connectivity index (χ2n) is 4.10. The molecule has 0 saturated heterocycles. The molecule has 1 N–H and O–H groups in total. The number of aliphatic hydroxyl groups is 1. The van der Waals surface area contributed by atoms with Crippen molar-refractivity contribution >= 4 is 0 Å². The summed E-state index contributed by atoms with van der Waals surface area (Å²) in [6, 6.07) is 4.40. The van der Waals surface area contributed by atoms with Gasteiger partial charge in [0.05, 0.1) is 6.61 Å². The highest BCUT2D eigenvalue weighted by Crippen LogP contribution is 2.24. The van der Waals surface area contributed by atoms with E-state index in [0.29, 0.717) is 5.92 Å². The Morgan fingerprint density at radius 2 is 1.71 bits per heavy atom. The molecule has 0 saturated carbocycles. The molecule has 1 atom stereocenters. The molecule has 0 aromatic heterocycles. The molecular formula is C13H20O. The third-order valence-corrected chi connectivity index (χ3v) is 3.06. The molecule has 0 spiro atoms. The Morgan fingerprint density at radius 3 is 2.07 bits per heavy atom. The van der Waals surface area contributed by atoms with Crippen LogP contribution in [-0.4, -0.2) is 5.11 Å². The van der Waals surface area contributed by atoms with E-state index in [0.717, 1.165) is 12.0 Å². The summed E-state index contributed by atoms with van der Waals surface area (Å²) in [6.07, 6.45) is 1.16. The van der Waals surface area contributed by atoms with E-state index in [-0.39, 0.29) is 6.61 Å². The molecule has 1 unspecified atom stereocenters. The summed E-state index contributed by atoms with van der Waals surface area (Å²) in [6.45, 7) is 8.75. The lowest BCUT2D eigenvalue weighted by molar-refractivity contribution is 0.280. The first kappa shape index (κ1) is 11.3. The van der Waals surface area contributed by atoms with Crippen LogP contribution in [0.3, 0.4) is 0 Å². The highest BCUT2D eigenvalue weighted by atomic mass is 16.3. The monoisotopic (exact) mass is 192 g/mol. The van der Waals surface area contributed by atoms with Crippen molar-refractivity contribution in [3.63, 3.8) is 0 Å². The van der Waals surface area contributed by atoms with Gasteiger partial charge in [-0.15, -0.1) is 0 Å². The lowest BCUT2D eigenvalue weighted by atomic mass is 9.92. The van der Waals surface area contributed by atoms with Gasteiger partial charge in [-0.2, -0.15) is 0 Å². The molecule has 1 nitrogen and oxygen atoms in total. The van der Waals surface area contributed by atoms with E-state index in [1.807, 2.05) is 0 Å². The summed E-state index contributed by atoms with van der Waals surface area (Å²) in [4.78, 5) is 0. The SMILES string of the molecule is CCC(C)c1cc(C)c(CO)c(C)c1. The predicted molar refractivity (Wildman–Crippen MR) is 60.5 cm³/mol. The molecule has 1 rings (SSSR count). The number of aryl methyl sites for hydroxylation is 2. The van der Waals surface area contributed by atoms with E-state index in [1.165, 1.54) is 16.7 Å². The number of aliphatic hydroxyl groups excluding tert-OH is 1. The van der Waals surface area contributed by atoms with Crippen LogP contribution in [0.1, 0.15) is 48.4 Å². The molecule has 1 aromatic rings. The number of benzene rings is 1. The van der Waals surface area contributed by atoms with E-state index >= 15 is 0 Å². The molecule has 0 bridgehead atoms. The lowest BCUT2D eigenvalue weighted by Gasteiger charge is -2.14. The summed E-state index contributed by atoms with van der Waals surface area (Å²) in [5.41, 5.74) is 4.89. The highest BCUT2D eigenvalue weighted by Gasteiger charge is 2.07. The molecule has 0 heterocycles. The van der Waals surface area contributed by atoms with E-state index < -0.39 is 0 Å². The minimum atomic E-state index is 0.151. The zero-order valence-corrected chi connectivity index (χ0v) is 9.59. The molecular weight excluding hydrogens is 172 g/mol. The fourth-order valence-electron chi connectivity index (χ4n) is 1.80. The van der Waals surface area contributed by atoms with Crippen molar-refractivity contribution in [1.82, 2.24) is 0 Å². The fourth-order valence-corrected chi connectivity index (χ4v) is 1.80. The first-order valence-electron chi connectivity index (χ1n) is 5.31. The van der Waals surface area contributed by atoms with Crippen LogP contribution in [-0.2, 0) is 6.61 Å². The Morgan fingerprint density at radius 1 is 1.21 bits per heavy atom. The summed E-state index contributed by atoms with van der Waals surface area (Å²) in [7, 11) is 0. The molecule has 14 heavy (non-hydrogen) atoms. The average molecular weight is 192 g/mol. The highest BCUT2D eigenvalue weighted by molar-refractivity contribution is 5.38. The Bertz CT molecular complexity index is 292. The van der Waals surface area contributed by atoms with Gasteiger partial charge in [-0.05, 0) is 48.4 Å². The zero-order chi connectivity index (χ0) is 10.7. The molecule has 1 aromatic carbocycles. The summed E-state index contributed by atoms with van der Waals surface area (Å²) in [5.74, 6) is 0.611. The van der Waals surface area contributed by atoms with Gasteiger partial charge in [-0.25, -0.2) is 0 Å². The Labute approximate surface area is 86.8 Å². The quantitative estimate of drug-likeness (QED) is 0.779. The zero-order valence-electron chi connectivity index (χ0n) is 9.59.